The van der Waals surface area contributed by atoms with Crippen LogP contribution in [-0.2, 0) is 15.4 Å². The molecule has 0 spiro atoms. The molecule has 2 heterocycles. The van der Waals surface area contributed by atoms with E-state index < -0.39 is 42.3 Å². The summed E-state index contributed by atoms with van der Waals surface area (Å²) in [4.78, 5) is -1.28. The van der Waals surface area contributed by atoms with Crippen molar-refractivity contribution in [2.75, 3.05) is 0 Å². The van der Waals surface area contributed by atoms with Crippen LogP contribution in [0.25, 0.3) is 16.6 Å². The summed E-state index contributed by atoms with van der Waals surface area (Å²) in [7, 11) is -4.69. The second-order valence-corrected chi connectivity index (χ2v) is 9.04. The van der Waals surface area contributed by atoms with Gasteiger partial charge < -0.3 is 5.11 Å². The standard InChI is InChI=1S/C19H11ClF4N2O3S/c20-17-8-7-16(30(17,28)29)18(27,19(22,23)24)12-1-6-15-11(9-12)10-25-26(15)14-4-2-13(21)3-5-14/h1-10,27H. The van der Waals surface area contributed by atoms with Gasteiger partial charge in [0, 0.05) is 5.39 Å². The first-order valence-electron chi connectivity index (χ1n) is 8.32. The van der Waals surface area contributed by atoms with Gasteiger partial charge in [-0.2, -0.15) is 18.3 Å². The van der Waals surface area contributed by atoms with Crippen molar-refractivity contribution in [3.8, 4) is 5.69 Å². The highest BCUT2D eigenvalue weighted by atomic mass is 35.5. The fraction of sp³-hybridized carbons (Fsp3) is 0.105. The monoisotopic (exact) mass is 458 g/mol. The van der Waals surface area contributed by atoms with E-state index in [9.17, 15) is 31.1 Å². The van der Waals surface area contributed by atoms with Crippen LogP contribution < -0.4 is 0 Å². The average Bonchev–Trinajstić information content (AvgIpc) is 3.21. The van der Waals surface area contributed by atoms with Gasteiger partial charge in [-0.25, -0.2) is 17.5 Å². The molecule has 0 fully saturated rings. The summed E-state index contributed by atoms with van der Waals surface area (Å²) in [5.74, 6) is -0.467. The van der Waals surface area contributed by atoms with Crippen LogP contribution in [0, 0.1) is 5.82 Å². The molecule has 1 aliphatic rings. The average molecular weight is 459 g/mol. The van der Waals surface area contributed by atoms with Crippen LogP contribution in [0.15, 0.2) is 70.1 Å². The second-order valence-electron chi connectivity index (χ2n) is 6.52. The Morgan fingerprint density at radius 1 is 1.03 bits per heavy atom. The van der Waals surface area contributed by atoms with Crippen LogP contribution in [0.2, 0.25) is 0 Å². The molecule has 11 heteroatoms. The van der Waals surface area contributed by atoms with Gasteiger partial charge >= 0.3 is 6.18 Å². The number of hydrogen-bond acceptors (Lipinski definition) is 4. The Bertz CT molecular complexity index is 1330. The summed E-state index contributed by atoms with van der Waals surface area (Å²) < 4.78 is 80.1. The summed E-state index contributed by atoms with van der Waals surface area (Å²) in [5.41, 5.74) is -3.70. The molecule has 0 aliphatic carbocycles. The lowest BCUT2D eigenvalue weighted by molar-refractivity contribution is -0.247. The second kappa shape index (κ2) is 6.66. The molecule has 1 aromatic heterocycles. The summed E-state index contributed by atoms with van der Waals surface area (Å²) in [6.07, 6.45) is -2.69. The zero-order valence-electron chi connectivity index (χ0n) is 14.7. The van der Waals surface area contributed by atoms with Gasteiger partial charge in [-0.1, -0.05) is 17.7 Å². The zero-order chi connectivity index (χ0) is 21.9. The molecule has 1 N–H and O–H groups in total. The predicted octanol–water partition coefficient (Wildman–Crippen LogP) is 4.31. The first-order chi connectivity index (χ1) is 14.0. The van der Waals surface area contributed by atoms with Gasteiger partial charge in [0.15, 0.2) is 0 Å². The smallest absolute Gasteiger partial charge is 0.372 e. The Morgan fingerprint density at radius 2 is 1.70 bits per heavy atom. The Balaban J connectivity index is 1.88. The van der Waals surface area contributed by atoms with Gasteiger partial charge in [-0.05, 0) is 54.1 Å². The van der Waals surface area contributed by atoms with E-state index in [4.69, 9.17) is 11.6 Å². The lowest BCUT2D eigenvalue weighted by Crippen LogP contribution is -2.45. The molecular formula is C19H11ClF4N2O3S. The Morgan fingerprint density at radius 3 is 2.27 bits per heavy atom. The largest absolute Gasteiger partial charge is 0.426 e. The quantitative estimate of drug-likeness (QED) is 0.594. The normalized spacial score (nSPS) is 18.2. The minimum Gasteiger partial charge on any atom is -0.372 e. The first kappa shape index (κ1) is 20.6. The van der Waals surface area contributed by atoms with E-state index in [1.165, 1.54) is 41.2 Å². The van der Waals surface area contributed by atoms with E-state index >= 15 is 0 Å². The summed E-state index contributed by atoms with van der Waals surface area (Å²) >= 11 is 5.52. The number of aromatic nitrogens is 2. The Hall–Kier alpha value is -2.69. The third-order valence-electron chi connectivity index (χ3n) is 4.74. The van der Waals surface area contributed by atoms with Crippen LogP contribution in [0.1, 0.15) is 5.56 Å². The molecule has 156 valence electrons. The topological polar surface area (TPSA) is 72.2 Å². The number of aliphatic hydroxyl groups is 1. The number of sulfone groups is 1. The van der Waals surface area contributed by atoms with Crippen molar-refractivity contribution in [1.29, 1.82) is 0 Å². The number of nitrogens with zero attached hydrogens (tertiary/aromatic N) is 2. The molecule has 0 amide bonds. The number of benzene rings is 2. The van der Waals surface area contributed by atoms with Crippen LogP contribution in [0.5, 0.6) is 0 Å². The van der Waals surface area contributed by atoms with Gasteiger partial charge in [0.05, 0.1) is 22.3 Å². The van der Waals surface area contributed by atoms with Crippen molar-refractivity contribution in [1.82, 2.24) is 9.78 Å². The number of fused-ring (bicyclic) bond motifs is 1. The third kappa shape index (κ3) is 2.94. The number of alkyl halides is 3. The molecule has 1 unspecified atom stereocenters. The minimum absolute atomic E-state index is 0.203. The predicted molar refractivity (Wildman–Crippen MR) is 102 cm³/mol. The highest BCUT2D eigenvalue weighted by Gasteiger charge is 2.61. The van der Waals surface area contributed by atoms with E-state index in [2.05, 4.69) is 5.10 Å². The van der Waals surface area contributed by atoms with E-state index in [-0.39, 0.29) is 5.39 Å². The molecule has 30 heavy (non-hydrogen) atoms. The number of rotatable bonds is 3. The molecule has 3 aromatic rings. The third-order valence-corrected chi connectivity index (χ3v) is 7.13. The molecule has 0 radical (unpaired) electrons. The zero-order valence-corrected chi connectivity index (χ0v) is 16.3. The Kier molecular flexibility index (Phi) is 4.57. The molecule has 5 nitrogen and oxygen atoms in total. The van der Waals surface area contributed by atoms with Crippen molar-refractivity contribution in [2.45, 2.75) is 11.8 Å². The van der Waals surface area contributed by atoms with Crippen molar-refractivity contribution >= 4 is 32.3 Å². The van der Waals surface area contributed by atoms with Gasteiger partial charge in [0.1, 0.15) is 10.2 Å². The molecular weight excluding hydrogens is 448 g/mol. The van der Waals surface area contributed by atoms with Crippen molar-refractivity contribution in [3.63, 3.8) is 0 Å². The maximum absolute atomic E-state index is 13.9. The molecule has 4 rings (SSSR count). The van der Waals surface area contributed by atoms with E-state index in [0.717, 1.165) is 18.2 Å². The number of allylic oxidation sites excluding steroid dienone is 2. The fourth-order valence-electron chi connectivity index (χ4n) is 3.23. The first-order valence-corrected chi connectivity index (χ1v) is 10.2. The van der Waals surface area contributed by atoms with E-state index in [1.807, 2.05) is 0 Å². The van der Waals surface area contributed by atoms with Crippen LogP contribution in [0.3, 0.4) is 0 Å². The van der Waals surface area contributed by atoms with Crippen LogP contribution >= 0.6 is 11.6 Å². The fourth-order valence-corrected chi connectivity index (χ4v) is 4.87. The molecule has 0 saturated carbocycles. The maximum atomic E-state index is 13.9. The Labute approximate surface area is 172 Å². The van der Waals surface area contributed by atoms with Crippen molar-refractivity contribution < 1.29 is 31.1 Å². The van der Waals surface area contributed by atoms with Gasteiger partial charge in [0.2, 0.25) is 15.4 Å². The van der Waals surface area contributed by atoms with Crippen LogP contribution in [0.4, 0.5) is 17.6 Å². The molecule has 0 saturated heterocycles. The molecule has 1 atom stereocenters. The van der Waals surface area contributed by atoms with Crippen LogP contribution in [-0.4, -0.2) is 29.5 Å². The van der Waals surface area contributed by atoms with Gasteiger partial charge in [-0.3, -0.25) is 0 Å². The highest BCUT2D eigenvalue weighted by molar-refractivity contribution is 8.00. The lowest BCUT2D eigenvalue weighted by atomic mass is 9.91. The van der Waals surface area contributed by atoms with Gasteiger partial charge in [0.25, 0.3) is 0 Å². The SMILES string of the molecule is O=S1(=O)C(Cl)=CC=C1C(O)(c1ccc2c(cnn2-c2ccc(F)cc2)c1)C(F)(F)F. The van der Waals surface area contributed by atoms with E-state index in [0.29, 0.717) is 17.3 Å². The van der Waals surface area contributed by atoms with Crippen molar-refractivity contribution in [3.05, 3.63) is 81.5 Å². The molecule has 2 aromatic carbocycles. The highest BCUT2D eigenvalue weighted by Crippen LogP contribution is 2.50. The number of halogens is 5. The summed E-state index contributed by atoms with van der Waals surface area (Å²) in [6.45, 7) is 0. The lowest BCUT2D eigenvalue weighted by Gasteiger charge is -2.31. The summed E-state index contributed by atoms with van der Waals surface area (Å²) in [6, 6.07) is 8.49. The summed E-state index contributed by atoms with van der Waals surface area (Å²) in [5, 5.41) is 14.9. The van der Waals surface area contributed by atoms with E-state index in [1.54, 1.807) is 0 Å². The minimum atomic E-state index is -5.36. The maximum Gasteiger partial charge on any atom is 0.426 e. The van der Waals surface area contributed by atoms with Crippen molar-refractivity contribution in [2.24, 2.45) is 0 Å². The molecule has 0 bridgehead atoms. The molecule has 1 aliphatic heterocycles. The van der Waals surface area contributed by atoms with Gasteiger partial charge in [-0.15, -0.1) is 0 Å². The number of hydrogen-bond donors (Lipinski definition) is 1.